The Kier molecular flexibility index (Phi) is 5.04. The van der Waals surface area contributed by atoms with Crippen molar-refractivity contribution in [2.45, 2.75) is 13.5 Å². The van der Waals surface area contributed by atoms with Gasteiger partial charge in [-0.25, -0.2) is 0 Å². The molecule has 0 radical (unpaired) electrons. The molecule has 0 atom stereocenters. The zero-order valence-corrected chi connectivity index (χ0v) is 9.28. The van der Waals surface area contributed by atoms with Crippen LogP contribution in [-0.4, -0.2) is 0 Å². The Labute approximate surface area is 86.9 Å². The molecule has 3 heteroatoms. The molecule has 0 unspecified atom stereocenters. The molecule has 1 rings (SSSR count). The van der Waals surface area contributed by atoms with Crippen LogP contribution < -0.4 is 5.73 Å². The van der Waals surface area contributed by atoms with E-state index in [0.717, 1.165) is 0 Å². The van der Waals surface area contributed by atoms with Gasteiger partial charge in [-0.2, -0.15) is 0 Å². The maximum Gasteiger partial charge on any atom is 0.0188 e. The summed E-state index contributed by atoms with van der Waals surface area (Å²) in [5, 5.41) is 0. The Bertz CT molecular complexity index is 238. The van der Waals surface area contributed by atoms with Crippen molar-refractivity contribution in [2.75, 3.05) is 0 Å². The third-order valence-corrected chi connectivity index (χ3v) is 2.47. The minimum atomic E-state index is 0. The lowest BCUT2D eigenvalue weighted by Crippen LogP contribution is -1.98. The van der Waals surface area contributed by atoms with Gasteiger partial charge in [0.1, 0.15) is 0 Å². The number of hydrogen-bond acceptors (Lipinski definition) is 1. The fourth-order valence-corrected chi connectivity index (χ4v) is 1.42. The molecule has 11 heavy (non-hydrogen) atoms. The summed E-state index contributed by atoms with van der Waals surface area (Å²) in [6.45, 7) is 2.72. The molecule has 0 amide bonds. The standard InChI is InChI=1S/C8H10IN.ClH/c1-6-2-3-8(9)7(4-6)5-10;/h2-4H,5,10H2,1H3;1H. The zero-order chi connectivity index (χ0) is 7.56. The van der Waals surface area contributed by atoms with Crippen molar-refractivity contribution in [3.63, 3.8) is 0 Å². The average Bonchev–Trinajstić information content (AvgIpc) is 1.94. The van der Waals surface area contributed by atoms with Gasteiger partial charge in [0.15, 0.2) is 0 Å². The van der Waals surface area contributed by atoms with Crippen LogP contribution in [0.2, 0.25) is 0 Å². The second-order valence-corrected chi connectivity index (χ2v) is 3.46. The number of aryl methyl sites for hydroxylation is 1. The van der Waals surface area contributed by atoms with Crippen LogP contribution in [0.5, 0.6) is 0 Å². The molecule has 0 saturated heterocycles. The van der Waals surface area contributed by atoms with E-state index in [0.29, 0.717) is 6.54 Å². The van der Waals surface area contributed by atoms with Crippen molar-refractivity contribution in [1.82, 2.24) is 0 Å². The number of hydrogen-bond donors (Lipinski definition) is 1. The largest absolute Gasteiger partial charge is 0.326 e. The van der Waals surface area contributed by atoms with Crippen LogP contribution in [0.4, 0.5) is 0 Å². The van der Waals surface area contributed by atoms with Crippen LogP contribution in [0.25, 0.3) is 0 Å². The van der Waals surface area contributed by atoms with E-state index in [1.165, 1.54) is 14.7 Å². The lowest BCUT2D eigenvalue weighted by Gasteiger charge is -2.00. The molecular formula is C8H11ClIN. The van der Waals surface area contributed by atoms with Crippen molar-refractivity contribution >= 4 is 35.0 Å². The predicted molar refractivity (Wildman–Crippen MR) is 59.0 cm³/mol. The van der Waals surface area contributed by atoms with Crippen molar-refractivity contribution in [3.05, 3.63) is 32.9 Å². The molecule has 0 aromatic heterocycles. The van der Waals surface area contributed by atoms with Gasteiger partial charge in [-0.1, -0.05) is 17.7 Å². The van der Waals surface area contributed by atoms with Crippen molar-refractivity contribution in [1.29, 1.82) is 0 Å². The SMILES string of the molecule is Cc1ccc(I)c(CN)c1.Cl. The van der Waals surface area contributed by atoms with Crippen molar-refractivity contribution < 1.29 is 0 Å². The van der Waals surface area contributed by atoms with E-state index in [9.17, 15) is 0 Å². The normalized spacial score (nSPS) is 9.00. The highest BCUT2D eigenvalue weighted by Crippen LogP contribution is 2.12. The van der Waals surface area contributed by atoms with Gasteiger partial charge in [0.05, 0.1) is 0 Å². The highest BCUT2D eigenvalue weighted by Gasteiger charge is 1.95. The number of nitrogens with two attached hydrogens (primary N) is 1. The van der Waals surface area contributed by atoms with E-state index in [1.807, 2.05) is 0 Å². The van der Waals surface area contributed by atoms with Gasteiger partial charge in [0.2, 0.25) is 0 Å². The third-order valence-electron chi connectivity index (χ3n) is 1.42. The molecule has 1 aromatic carbocycles. The monoisotopic (exact) mass is 283 g/mol. The first kappa shape index (κ1) is 11.2. The van der Waals surface area contributed by atoms with E-state index >= 15 is 0 Å². The molecule has 0 bridgehead atoms. The molecule has 0 heterocycles. The molecule has 0 aliphatic rings. The van der Waals surface area contributed by atoms with E-state index in [2.05, 4.69) is 47.7 Å². The van der Waals surface area contributed by atoms with Gasteiger partial charge in [-0.3, -0.25) is 0 Å². The van der Waals surface area contributed by atoms with Gasteiger partial charge < -0.3 is 5.73 Å². The van der Waals surface area contributed by atoms with Crippen LogP contribution in [0.1, 0.15) is 11.1 Å². The highest BCUT2D eigenvalue weighted by atomic mass is 127. The second kappa shape index (κ2) is 4.95. The smallest absolute Gasteiger partial charge is 0.0188 e. The summed E-state index contributed by atoms with van der Waals surface area (Å²) in [7, 11) is 0. The van der Waals surface area contributed by atoms with Crippen molar-refractivity contribution in [2.24, 2.45) is 5.73 Å². The Hall–Kier alpha value is 0.200. The molecular weight excluding hydrogens is 272 g/mol. The fourth-order valence-electron chi connectivity index (χ4n) is 0.860. The van der Waals surface area contributed by atoms with Crippen LogP contribution >= 0.6 is 35.0 Å². The first-order valence-corrected chi connectivity index (χ1v) is 4.27. The summed E-state index contributed by atoms with van der Waals surface area (Å²) in [4.78, 5) is 0. The maximum atomic E-state index is 5.51. The molecule has 1 nitrogen and oxygen atoms in total. The second-order valence-electron chi connectivity index (χ2n) is 2.30. The fraction of sp³-hybridized carbons (Fsp3) is 0.250. The molecule has 62 valence electrons. The Morgan fingerprint density at radius 1 is 1.45 bits per heavy atom. The lowest BCUT2D eigenvalue weighted by atomic mass is 10.1. The summed E-state index contributed by atoms with van der Waals surface area (Å²) in [6.07, 6.45) is 0. The number of halogens is 2. The first-order valence-electron chi connectivity index (χ1n) is 3.19. The number of rotatable bonds is 1. The first-order chi connectivity index (χ1) is 4.74. The van der Waals surface area contributed by atoms with E-state index in [1.54, 1.807) is 0 Å². The molecule has 0 fully saturated rings. The minimum Gasteiger partial charge on any atom is -0.326 e. The summed E-state index contributed by atoms with van der Waals surface area (Å²) < 4.78 is 1.26. The van der Waals surface area contributed by atoms with Gasteiger partial charge in [0, 0.05) is 10.1 Å². The predicted octanol–water partition coefficient (Wildman–Crippen LogP) is 2.48. The number of benzene rings is 1. The van der Waals surface area contributed by atoms with Gasteiger partial charge in [-0.05, 0) is 41.1 Å². The third kappa shape index (κ3) is 2.97. The minimum absolute atomic E-state index is 0. The zero-order valence-electron chi connectivity index (χ0n) is 6.30. The molecule has 0 aliphatic heterocycles. The van der Waals surface area contributed by atoms with Crippen LogP contribution in [0.3, 0.4) is 0 Å². The molecule has 2 N–H and O–H groups in total. The molecule has 0 saturated carbocycles. The van der Waals surface area contributed by atoms with E-state index in [-0.39, 0.29) is 12.4 Å². The van der Waals surface area contributed by atoms with E-state index in [4.69, 9.17) is 5.73 Å². The summed E-state index contributed by atoms with van der Waals surface area (Å²) in [5.41, 5.74) is 8.03. The van der Waals surface area contributed by atoms with Crippen LogP contribution in [0, 0.1) is 10.5 Å². The summed E-state index contributed by atoms with van der Waals surface area (Å²) in [5.74, 6) is 0. The molecule has 0 spiro atoms. The maximum absolute atomic E-state index is 5.51. The molecule has 0 aliphatic carbocycles. The summed E-state index contributed by atoms with van der Waals surface area (Å²) >= 11 is 2.30. The lowest BCUT2D eigenvalue weighted by molar-refractivity contribution is 1.05. The van der Waals surface area contributed by atoms with Gasteiger partial charge in [0.25, 0.3) is 0 Å². The molecule has 1 aromatic rings. The van der Waals surface area contributed by atoms with Gasteiger partial charge >= 0.3 is 0 Å². The topological polar surface area (TPSA) is 26.0 Å². The van der Waals surface area contributed by atoms with Crippen LogP contribution in [0.15, 0.2) is 18.2 Å². The average molecular weight is 284 g/mol. The van der Waals surface area contributed by atoms with Crippen molar-refractivity contribution in [3.8, 4) is 0 Å². The van der Waals surface area contributed by atoms with E-state index < -0.39 is 0 Å². The highest BCUT2D eigenvalue weighted by molar-refractivity contribution is 14.1. The Balaban J connectivity index is 0.000001000. The Morgan fingerprint density at radius 2 is 2.09 bits per heavy atom. The Morgan fingerprint density at radius 3 is 2.55 bits per heavy atom. The summed E-state index contributed by atoms with van der Waals surface area (Å²) in [6, 6.07) is 6.32. The quantitative estimate of drug-likeness (QED) is 0.787. The van der Waals surface area contributed by atoms with Gasteiger partial charge in [-0.15, -0.1) is 12.4 Å². The van der Waals surface area contributed by atoms with Crippen LogP contribution in [-0.2, 0) is 6.54 Å².